The van der Waals surface area contributed by atoms with Crippen LogP contribution >= 0.6 is 0 Å². The van der Waals surface area contributed by atoms with Crippen molar-refractivity contribution >= 4 is 58.9 Å². The Hall–Kier alpha value is -8.16. The first-order valence-corrected chi connectivity index (χ1v) is 24.0. The van der Waals surface area contributed by atoms with Crippen LogP contribution in [-0.2, 0) is 54.1 Å². The molecule has 0 saturated carbocycles. The number of nitrogens with two attached hydrogens (primary N) is 1. The van der Waals surface area contributed by atoms with Crippen LogP contribution in [0.25, 0.3) is 0 Å². The van der Waals surface area contributed by atoms with Crippen LogP contribution in [0, 0.1) is 0 Å². The number of nitrogens with one attached hydrogen (secondary N) is 3. The summed E-state index contributed by atoms with van der Waals surface area (Å²) >= 11 is 0. The van der Waals surface area contributed by atoms with Crippen molar-refractivity contribution in [2.24, 2.45) is 20.0 Å². The number of carboxylic acid groups (broad SMARTS) is 1. The van der Waals surface area contributed by atoms with Gasteiger partial charge in [-0.1, -0.05) is 18.2 Å². The van der Waals surface area contributed by atoms with E-state index < -0.39 is 91.2 Å². The molecule has 420 valence electrons. The smallest absolute Gasteiger partial charge is 0.416 e. The second-order valence-electron chi connectivity index (χ2n) is 18.0. The number of carboxylic acids is 1. The molecule has 3 aliphatic heterocycles. The molecule has 2 aromatic heterocycles. The molecule has 29 heteroatoms. The van der Waals surface area contributed by atoms with E-state index in [1.165, 1.54) is 77.0 Å². The van der Waals surface area contributed by atoms with E-state index in [1.807, 2.05) is 0 Å². The highest BCUT2D eigenvalue weighted by Gasteiger charge is 2.49. The number of methoxy groups -OCH3 is 2. The summed E-state index contributed by atoms with van der Waals surface area (Å²) in [5.41, 5.74) is 0.842. The predicted octanol–water partition coefficient (Wildman–Crippen LogP) is -0.243. The van der Waals surface area contributed by atoms with Gasteiger partial charge in [0.1, 0.15) is 36.4 Å². The number of carbonyl (C=O) groups excluding carboxylic acids is 6. The summed E-state index contributed by atoms with van der Waals surface area (Å²) in [4.78, 5) is 103. The Balaban J connectivity index is 1.05. The molecule has 29 nitrogen and oxygen atoms in total. The van der Waals surface area contributed by atoms with Gasteiger partial charge in [-0.2, -0.15) is 0 Å². The fourth-order valence-electron chi connectivity index (χ4n) is 8.65. The number of anilines is 3. The Kier molecular flexibility index (Phi) is 18.7. The Morgan fingerprint density at radius 1 is 0.885 bits per heavy atom. The highest BCUT2D eigenvalue weighted by atomic mass is 16.7. The van der Waals surface area contributed by atoms with E-state index in [4.69, 9.17) is 39.1 Å². The number of esters is 1. The molecule has 5 heterocycles. The second-order valence-corrected chi connectivity index (χ2v) is 18.0. The third-order valence-electron chi connectivity index (χ3n) is 12.5. The van der Waals surface area contributed by atoms with Crippen LogP contribution in [0.2, 0.25) is 0 Å². The van der Waals surface area contributed by atoms with Crippen LogP contribution in [0.15, 0.2) is 60.9 Å². The van der Waals surface area contributed by atoms with Crippen LogP contribution < -0.4 is 41.0 Å². The molecule has 78 heavy (non-hydrogen) atoms. The fourth-order valence-corrected chi connectivity index (χ4v) is 8.65. The van der Waals surface area contributed by atoms with Crippen molar-refractivity contribution in [1.82, 2.24) is 24.3 Å². The van der Waals surface area contributed by atoms with Crippen molar-refractivity contribution in [1.29, 1.82) is 0 Å². The average molecular weight is 1090 g/mol. The molecule has 0 radical (unpaired) electrons. The molecule has 2 aromatic carbocycles. The number of aliphatic carboxylic acids is 1. The zero-order valence-electron chi connectivity index (χ0n) is 42.6. The van der Waals surface area contributed by atoms with Gasteiger partial charge in [0.05, 0.1) is 69.2 Å². The molecule has 0 bridgehead atoms. The second kappa shape index (κ2) is 25.3. The number of nitrogens with zero attached hydrogens (tertiary/aromatic N) is 5. The largest absolute Gasteiger partial charge is 0.493 e. The lowest BCUT2D eigenvalue weighted by atomic mass is 9.99. The average Bonchev–Trinajstić information content (AvgIpc) is 4.13. The molecule has 7 rings (SSSR count). The molecule has 1 unspecified atom stereocenters. The molecule has 0 spiro atoms. The van der Waals surface area contributed by atoms with Crippen LogP contribution in [-0.4, -0.2) is 183 Å². The highest BCUT2D eigenvalue weighted by molar-refractivity contribution is 6.06. The van der Waals surface area contributed by atoms with Crippen LogP contribution in [0.4, 0.5) is 22.0 Å². The van der Waals surface area contributed by atoms with E-state index in [0.717, 1.165) is 4.90 Å². The summed E-state index contributed by atoms with van der Waals surface area (Å²) in [7, 11) is 5.73. The standard InChI is InChI=1S/C49H59N9O20/c1-24-15-30-45(66)58(49(70)75-23-25-8-9-32(28(16-25)42(63)51-10-12-73-13-14-76-50)77-48-39(62)37(60)38(61)40(78-48)46(67)68)29-19-34(33(71-4)18-27(29)44(65)57(30)20-24)74-11-6-7-36(59)53-35-22-56(3)41(54-35)43(64)52-26-17-31(47(69)72-5)55(2)21-26/h8-9,16-19,21-22,30,37-40,45,48,60-62,66H,1,6-7,10-15,20,23,50H2,2-5H3,(H,51,63)(H,52,64)(H,53,59)(H,67,68)/t30-,37-,38-,39+,40-,45?,48+/m0/s1. The summed E-state index contributed by atoms with van der Waals surface area (Å²) in [6, 6.07) is 6.94. The third-order valence-corrected chi connectivity index (χ3v) is 12.5. The number of imidazole rings is 1. The lowest BCUT2D eigenvalue weighted by Crippen LogP contribution is -2.61. The first-order valence-electron chi connectivity index (χ1n) is 24.0. The van der Waals surface area contributed by atoms with Crippen molar-refractivity contribution < 1.29 is 97.1 Å². The number of hydrogen-bond acceptors (Lipinski definition) is 21. The van der Waals surface area contributed by atoms with E-state index in [1.54, 1.807) is 14.1 Å². The van der Waals surface area contributed by atoms with Gasteiger partial charge >= 0.3 is 18.0 Å². The Labute approximate surface area is 443 Å². The normalized spacial score (nSPS) is 20.7. The van der Waals surface area contributed by atoms with Gasteiger partial charge in [0.15, 0.2) is 29.6 Å². The lowest BCUT2D eigenvalue weighted by molar-refractivity contribution is -0.271. The van der Waals surface area contributed by atoms with Crippen molar-refractivity contribution in [3.8, 4) is 17.2 Å². The van der Waals surface area contributed by atoms with Gasteiger partial charge in [-0.05, 0) is 42.7 Å². The molecule has 2 fully saturated rings. The topological polar surface area (TPSA) is 386 Å². The Morgan fingerprint density at radius 2 is 1.65 bits per heavy atom. The van der Waals surface area contributed by atoms with Crippen molar-refractivity contribution in [3.63, 3.8) is 0 Å². The number of benzene rings is 2. The summed E-state index contributed by atoms with van der Waals surface area (Å²) < 4.78 is 41.4. The van der Waals surface area contributed by atoms with E-state index in [9.17, 15) is 59.1 Å². The maximum atomic E-state index is 14.3. The number of aliphatic hydroxyl groups excluding tert-OH is 4. The number of amides is 5. The van der Waals surface area contributed by atoms with Gasteiger partial charge in [0.25, 0.3) is 17.7 Å². The zero-order chi connectivity index (χ0) is 56.5. The van der Waals surface area contributed by atoms with Crippen LogP contribution in [0.5, 0.6) is 17.2 Å². The number of carbonyl (C=O) groups is 7. The Bertz CT molecular complexity index is 2930. The molecule has 10 N–H and O–H groups in total. The van der Waals surface area contributed by atoms with Crippen molar-refractivity contribution in [2.45, 2.75) is 68.8 Å². The van der Waals surface area contributed by atoms with Gasteiger partial charge in [0.2, 0.25) is 18.0 Å². The predicted molar refractivity (Wildman–Crippen MR) is 266 cm³/mol. The van der Waals surface area contributed by atoms with Gasteiger partial charge in [-0.25, -0.2) is 30.2 Å². The summed E-state index contributed by atoms with van der Waals surface area (Å²) in [6.45, 7) is 3.55. The molecule has 7 atom stereocenters. The minimum atomic E-state index is -2.02. The summed E-state index contributed by atoms with van der Waals surface area (Å²) in [5, 5.41) is 60.6. The van der Waals surface area contributed by atoms with Crippen LogP contribution in [0.3, 0.4) is 0 Å². The molecule has 3 aliphatic rings. The van der Waals surface area contributed by atoms with E-state index >= 15 is 0 Å². The van der Waals surface area contributed by atoms with Gasteiger partial charge in [0, 0.05) is 52.1 Å². The molecule has 2 saturated heterocycles. The van der Waals surface area contributed by atoms with E-state index in [-0.39, 0.29) is 116 Å². The van der Waals surface area contributed by atoms with E-state index in [0.29, 0.717) is 11.3 Å². The maximum Gasteiger partial charge on any atom is 0.416 e. The zero-order valence-corrected chi connectivity index (χ0v) is 42.6. The Morgan fingerprint density at radius 3 is 2.37 bits per heavy atom. The van der Waals surface area contributed by atoms with Gasteiger partial charge in [-0.15, -0.1) is 0 Å². The lowest BCUT2D eigenvalue weighted by Gasteiger charge is -2.38. The number of aryl methyl sites for hydroxylation is 2. The van der Waals surface area contributed by atoms with Crippen molar-refractivity contribution in [3.05, 3.63) is 89.2 Å². The monoisotopic (exact) mass is 1090 g/mol. The highest BCUT2D eigenvalue weighted by Crippen LogP contribution is 2.42. The minimum absolute atomic E-state index is 0.0133. The number of ether oxygens (including phenoxy) is 7. The minimum Gasteiger partial charge on any atom is -0.493 e. The molecule has 4 aromatic rings. The van der Waals surface area contributed by atoms with Crippen LogP contribution in [0.1, 0.15) is 66.6 Å². The number of aromatic nitrogens is 3. The molecular formula is C49H59N9O20. The van der Waals surface area contributed by atoms with E-state index in [2.05, 4.69) is 32.4 Å². The molecular weight excluding hydrogens is 1030 g/mol. The molecule has 5 amide bonds. The summed E-state index contributed by atoms with van der Waals surface area (Å²) in [5.74, 6) is 0.146. The van der Waals surface area contributed by atoms with Gasteiger partial charge < -0.3 is 93.5 Å². The summed E-state index contributed by atoms with van der Waals surface area (Å²) in [6.07, 6.45) is -9.67. The number of hydrogen-bond donors (Lipinski definition) is 9. The number of aliphatic hydroxyl groups is 4. The molecule has 0 aliphatic carbocycles. The number of rotatable bonds is 22. The quantitative estimate of drug-likeness (QED) is 0.0212. The SMILES string of the molecule is C=C1C[C@H]2C(O)N(C(=O)OCc3ccc(O[C@@H]4O[C@H](C(=O)O)[C@@H](O)[C@H](O)[C@H]4O)c(C(=O)NCCOCCON)c3)c3cc(OCCCC(=O)Nc4cn(C)c(C(=O)Nc5cc(C(=O)OC)n(C)c5)n4)c(OC)cc3C(=O)N2C1. The maximum absolute atomic E-state index is 14.3. The number of fused-ring (bicyclic) bond motifs is 2. The van der Waals surface area contributed by atoms with Crippen molar-refractivity contribution in [2.75, 3.05) is 69.3 Å². The first kappa shape index (κ1) is 57.5. The fraction of sp³-hybridized carbons (Fsp3) is 0.429. The van der Waals surface area contributed by atoms with Gasteiger partial charge in [-0.3, -0.25) is 19.2 Å². The first-order chi connectivity index (χ1) is 37.2. The third kappa shape index (κ3) is 13.0.